The molecule has 0 aromatic rings. The third kappa shape index (κ3) is 9.83. The van der Waals surface area contributed by atoms with Crippen LogP contribution in [0.3, 0.4) is 0 Å². The maximum absolute atomic E-state index is 3.80. The van der Waals surface area contributed by atoms with Gasteiger partial charge in [-0.3, -0.25) is 0 Å². The molecule has 0 aromatic heterocycles. The zero-order valence-electron chi connectivity index (χ0n) is 12.2. The molecular weight excluding hydrogens is 206 g/mol. The Morgan fingerprint density at radius 2 is 1.94 bits per heavy atom. The number of rotatable bonds is 3. The lowest BCUT2D eigenvalue weighted by atomic mass is 9.98. The summed E-state index contributed by atoms with van der Waals surface area (Å²) in [6, 6.07) is 0. The zero-order valence-corrected chi connectivity index (χ0v) is 12.2. The lowest BCUT2D eigenvalue weighted by Gasteiger charge is -2.11. The fourth-order valence-corrected chi connectivity index (χ4v) is 1.33. The molecule has 0 unspecified atom stereocenters. The smallest absolute Gasteiger partial charge is 0.0205 e. The van der Waals surface area contributed by atoms with E-state index < -0.39 is 0 Å². The molecular formula is C16H31N. The second-order valence-electron chi connectivity index (χ2n) is 3.39. The highest BCUT2D eigenvalue weighted by molar-refractivity contribution is 5.36. The van der Waals surface area contributed by atoms with Crippen molar-refractivity contribution in [1.29, 1.82) is 0 Å². The van der Waals surface area contributed by atoms with Gasteiger partial charge in [-0.2, -0.15) is 0 Å². The van der Waals surface area contributed by atoms with E-state index in [9.17, 15) is 0 Å². The molecule has 0 amide bonds. The Kier molecular flexibility index (Phi) is 16.1. The topological polar surface area (TPSA) is 12.0 Å². The molecule has 1 rings (SSSR count). The van der Waals surface area contributed by atoms with Gasteiger partial charge in [-0.25, -0.2) is 0 Å². The summed E-state index contributed by atoms with van der Waals surface area (Å²) in [7, 11) is 1.97. The van der Waals surface area contributed by atoms with Crippen LogP contribution in [-0.4, -0.2) is 13.6 Å². The molecule has 0 aliphatic heterocycles. The van der Waals surface area contributed by atoms with Gasteiger partial charge < -0.3 is 5.32 Å². The Morgan fingerprint density at radius 1 is 1.35 bits per heavy atom. The van der Waals surface area contributed by atoms with Crippen LogP contribution in [0, 0.1) is 0 Å². The highest BCUT2D eigenvalue weighted by Crippen LogP contribution is 2.18. The summed E-state index contributed by atoms with van der Waals surface area (Å²) < 4.78 is 0. The number of allylic oxidation sites excluding steroid dienone is 5. The van der Waals surface area contributed by atoms with Gasteiger partial charge in [0, 0.05) is 7.97 Å². The Morgan fingerprint density at radius 3 is 2.35 bits per heavy atom. The van der Waals surface area contributed by atoms with Crippen LogP contribution in [0.5, 0.6) is 0 Å². The summed E-state index contributed by atoms with van der Waals surface area (Å²) in [5, 5.41) is 3.14. The molecule has 1 heteroatoms. The first-order valence-electron chi connectivity index (χ1n) is 6.53. The van der Waals surface area contributed by atoms with Gasteiger partial charge in [0.2, 0.25) is 0 Å². The van der Waals surface area contributed by atoms with Crippen molar-refractivity contribution in [3.05, 3.63) is 48.1 Å². The first-order valence-corrected chi connectivity index (χ1v) is 6.53. The molecule has 0 radical (unpaired) electrons. The molecule has 17 heavy (non-hydrogen) atoms. The minimum absolute atomic E-state index is 0. The van der Waals surface area contributed by atoms with Crippen LogP contribution in [0.25, 0.3) is 0 Å². The molecule has 0 fully saturated rings. The molecule has 100 valence electrons. The summed E-state index contributed by atoms with van der Waals surface area (Å²) in [4.78, 5) is 0. The quantitative estimate of drug-likeness (QED) is 0.689. The minimum Gasteiger partial charge on any atom is -0.316 e. The van der Waals surface area contributed by atoms with E-state index in [0.717, 1.165) is 19.4 Å². The van der Waals surface area contributed by atoms with Crippen molar-refractivity contribution in [2.45, 2.75) is 40.5 Å². The second kappa shape index (κ2) is 14.9. The van der Waals surface area contributed by atoms with Crippen LogP contribution in [-0.2, 0) is 0 Å². The van der Waals surface area contributed by atoms with Crippen molar-refractivity contribution in [3.8, 4) is 0 Å². The number of hydrogen-bond acceptors (Lipinski definition) is 1. The molecule has 0 heterocycles. The molecule has 0 spiro atoms. The lowest BCUT2D eigenvalue weighted by Crippen LogP contribution is -2.11. The number of hydrogen-bond donors (Lipinski definition) is 1. The van der Waals surface area contributed by atoms with Gasteiger partial charge in [-0.1, -0.05) is 50.8 Å². The zero-order chi connectivity index (χ0) is 13.5. The summed E-state index contributed by atoms with van der Waals surface area (Å²) in [5.41, 5.74) is 2.77. The average molecular weight is 237 g/mol. The van der Waals surface area contributed by atoms with E-state index in [0.29, 0.717) is 0 Å². The number of likely N-dealkylation sites (N-methyl/N-ethyl adjacent to an activating group) is 1. The van der Waals surface area contributed by atoms with Crippen LogP contribution in [0.2, 0.25) is 0 Å². The fourth-order valence-electron chi connectivity index (χ4n) is 1.33. The molecule has 0 aromatic carbocycles. The summed E-state index contributed by atoms with van der Waals surface area (Å²) in [6.45, 7) is 12.8. The van der Waals surface area contributed by atoms with Gasteiger partial charge in [-0.15, -0.1) is 0 Å². The molecule has 0 atom stereocenters. The molecule has 1 nitrogen and oxygen atoms in total. The largest absolute Gasteiger partial charge is 0.316 e. The summed E-state index contributed by atoms with van der Waals surface area (Å²) in [6.07, 6.45) is 12.7. The van der Waals surface area contributed by atoms with E-state index in [4.69, 9.17) is 0 Å². The van der Waals surface area contributed by atoms with Gasteiger partial charge in [0.15, 0.2) is 0 Å². The Hall–Kier alpha value is -1.08. The molecule has 1 aliphatic rings. The maximum atomic E-state index is 3.80. The van der Waals surface area contributed by atoms with Crippen molar-refractivity contribution >= 4 is 0 Å². The van der Waals surface area contributed by atoms with Crippen molar-refractivity contribution in [2.24, 2.45) is 0 Å². The maximum Gasteiger partial charge on any atom is 0.0205 e. The van der Waals surface area contributed by atoms with Gasteiger partial charge in [0.25, 0.3) is 0 Å². The third-order valence-corrected chi connectivity index (χ3v) is 2.26. The highest BCUT2D eigenvalue weighted by atomic mass is 14.8. The lowest BCUT2D eigenvalue weighted by molar-refractivity contribution is 0.860. The summed E-state index contributed by atoms with van der Waals surface area (Å²) >= 11 is 0. The molecule has 1 N–H and O–H groups in total. The first-order chi connectivity index (χ1) is 8.29. The van der Waals surface area contributed by atoms with Crippen molar-refractivity contribution < 1.29 is 1.43 Å². The van der Waals surface area contributed by atoms with Crippen molar-refractivity contribution in [1.82, 2.24) is 5.32 Å². The van der Waals surface area contributed by atoms with Crippen LogP contribution in [0.4, 0.5) is 0 Å². The normalized spacial score (nSPS) is 13.7. The second-order valence-corrected chi connectivity index (χ2v) is 3.39. The van der Waals surface area contributed by atoms with Gasteiger partial charge in [-0.05, 0) is 44.9 Å². The van der Waals surface area contributed by atoms with E-state index in [1.807, 2.05) is 53.0 Å². The Balaban J connectivity index is -0.000000277. The average Bonchev–Trinajstić information content (AvgIpc) is 2.42. The molecule has 0 saturated carbocycles. The molecule has 0 bridgehead atoms. The van der Waals surface area contributed by atoms with E-state index in [-0.39, 0.29) is 1.43 Å². The van der Waals surface area contributed by atoms with Crippen LogP contribution in [0.1, 0.15) is 42.0 Å². The first kappa shape index (κ1) is 18.3. The van der Waals surface area contributed by atoms with Crippen LogP contribution < -0.4 is 5.32 Å². The van der Waals surface area contributed by atoms with Gasteiger partial charge in [0.05, 0.1) is 0 Å². The third-order valence-electron chi connectivity index (χ3n) is 2.26. The predicted octanol–water partition coefficient (Wildman–Crippen LogP) is 4.89. The number of nitrogens with one attached hydrogen (secondary N) is 1. The Bertz CT molecular complexity index is 258. The Labute approximate surface area is 109 Å². The van der Waals surface area contributed by atoms with E-state index >= 15 is 0 Å². The SMILES string of the molecule is C/C=C\C.C=CC1=C(CNC)C=CCC1.CC.[HH]. The minimum atomic E-state index is 0. The molecule has 1 aliphatic carbocycles. The van der Waals surface area contributed by atoms with Crippen molar-refractivity contribution in [2.75, 3.05) is 13.6 Å². The predicted molar refractivity (Wildman–Crippen MR) is 83.5 cm³/mol. The van der Waals surface area contributed by atoms with Crippen LogP contribution in [0.15, 0.2) is 48.1 Å². The van der Waals surface area contributed by atoms with E-state index in [1.165, 1.54) is 11.1 Å². The standard InChI is InChI=1S/C10H15N.C4H8.C2H6.H2/c1-3-9-6-4-5-7-10(9)8-11-2;1-3-4-2;1-2;/h3,5,7,11H,1,4,6,8H2,2H3;3-4H,1-2H3;1-2H3;1H/b;4-3-;;. The van der Waals surface area contributed by atoms with E-state index in [1.54, 1.807) is 0 Å². The monoisotopic (exact) mass is 237 g/mol. The van der Waals surface area contributed by atoms with Gasteiger partial charge in [0.1, 0.15) is 0 Å². The molecule has 0 saturated heterocycles. The highest BCUT2D eigenvalue weighted by Gasteiger charge is 2.03. The van der Waals surface area contributed by atoms with Crippen molar-refractivity contribution in [3.63, 3.8) is 0 Å². The van der Waals surface area contributed by atoms with Crippen LogP contribution >= 0.6 is 0 Å². The van der Waals surface area contributed by atoms with E-state index in [2.05, 4.69) is 24.0 Å². The van der Waals surface area contributed by atoms with Gasteiger partial charge >= 0.3 is 0 Å². The fraction of sp³-hybridized carbons (Fsp3) is 0.500. The summed E-state index contributed by atoms with van der Waals surface area (Å²) in [5.74, 6) is 0.